The number of benzene rings is 2. The van der Waals surface area contributed by atoms with E-state index in [1.807, 2.05) is 13.8 Å². The van der Waals surface area contributed by atoms with E-state index in [1.165, 1.54) is 0 Å². The van der Waals surface area contributed by atoms with Crippen molar-refractivity contribution in [2.75, 3.05) is 0 Å². The number of hydrogen-bond donors (Lipinski definition) is 0. The summed E-state index contributed by atoms with van der Waals surface area (Å²) in [5.74, 6) is -0.242. The molecular formula is C16H12Cl2O2. The Kier molecular flexibility index (Phi) is 4.26. The SMILES string of the molecule is Cc1cc(C(=O)Cl)c(C(=O)c2ccc(Cl)cc2)cc1C. The largest absolute Gasteiger partial charge is 0.289 e. The van der Waals surface area contributed by atoms with E-state index in [4.69, 9.17) is 23.2 Å². The summed E-state index contributed by atoms with van der Waals surface area (Å²) in [5, 5.41) is -0.0827. The zero-order chi connectivity index (χ0) is 14.9. The van der Waals surface area contributed by atoms with Gasteiger partial charge in [-0.1, -0.05) is 11.6 Å². The zero-order valence-electron chi connectivity index (χ0n) is 11.0. The Morgan fingerprint density at radius 1 is 0.900 bits per heavy atom. The lowest BCUT2D eigenvalue weighted by molar-refractivity contribution is 0.102. The van der Waals surface area contributed by atoms with E-state index in [1.54, 1.807) is 36.4 Å². The van der Waals surface area contributed by atoms with E-state index in [2.05, 4.69) is 0 Å². The molecule has 0 aromatic heterocycles. The first kappa shape index (κ1) is 14.8. The maximum atomic E-state index is 12.5. The van der Waals surface area contributed by atoms with Crippen molar-refractivity contribution in [2.45, 2.75) is 13.8 Å². The van der Waals surface area contributed by atoms with Crippen molar-refractivity contribution in [3.8, 4) is 0 Å². The molecule has 0 bridgehead atoms. The average Bonchev–Trinajstić information content (AvgIpc) is 2.41. The van der Waals surface area contributed by atoms with Crippen LogP contribution in [0.3, 0.4) is 0 Å². The van der Waals surface area contributed by atoms with Gasteiger partial charge in [0.05, 0.1) is 0 Å². The van der Waals surface area contributed by atoms with Crippen LogP contribution in [0.25, 0.3) is 0 Å². The molecule has 0 spiro atoms. The number of carbonyl (C=O) groups is 2. The summed E-state index contributed by atoms with van der Waals surface area (Å²) in [6, 6.07) is 9.87. The number of aryl methyl sites for hydroxylation is 2. The maximum Gasteiger partial charge on any atom is 0.253 e. The Morgan fingerprint density at radius 3 is 1.90 bits per heavy atom. The van der Waals surface area contributed by atoms with Crippen LogP contribution >= 0.6 is 23.2 Å². The van der Waals surface area contributed by atoms with Crippen LogP contribution in [0.2, 0.25) is 5.02 Å². The van der Waals surface area contributed by atoms with Crippen molar-refractivity contribution in [2.24, 2.45) is 0 Å². The molecule has 0 aliphatic heterocycles. The third kappa shape index (κ3) is 2.92. The van der Waals surface area contributed by atoms with Crippen molar-refractivity contribution >= 4 is 34.2 Å². The summed E-state index contributed by atoms with van der Waals surface area (Å²) in [5.41, 5.74) is 2.87. The first-order chi connectivity index (χ1) is 9.40. The van der Waals surface area contributed by atoms with Gasteiger partial charge >= 0.3 is 0 Å². The van der Waals surface area contributed by atoms with Crippen LogP contribution in [0.1, 0.15) is 37.4 Å². The number of halogens is 2. The molecular weight excluding hydrogens is 295 g/mol. The van der Waals surface area contributed by atoms with E-state index < -0.39 is 5.24 Å². The second-order valence-electron chi connectivity index (χ2n) is 4.59. The first-order valence-electron chi connectivity index (χ1n) is 6.01. The fourth-order valence-electron chi connectivity index (χ4n) is 1.92. The molecule has 2 aromatic carbocycles. The zero-order valence-corrected chi connectivity index (χ0v) is 12.5. The first-order valence-corrected chi connectivity index (χ1v) is 6.77. The Morgan fingerprint density at radius 2 is 1.40 bits per heavy atom. The summed E-state index contributed by atoms with van der Waals surface area (Å²) in [6.07, 6.45) is 0. The highest BCUT2D eigenvalue weighted by Gasteiger charge is 2.18. The molecule has 0 unspecified atom stereocenters. The second-order valence-corrected chi connectivity index (χ2v) is 5.37. The minimum atomic E-state index is -0.634. The molecule has 0 radical (unpaired) electrons. The predicted octanol–water partition coefficient (Wildman–Crippen LogP) is 4.57. The molecule has 2 rings (SSSR count). The molecule has 0 atom stereocenters. The van der Waals surface area contributed by atoms with E-state index in [-0.39, 0.29) is 11.3 Å². The average molecular weight is 307 g/mol. The van der Waals surface area contributed by atoms with Crippen LogP contribution in [0.4, 0.5) is 0 Å². The molecule has 0 amide bonds. The van der Waals surface area contributed by atoms with Gasteiger partial charge < -0.3 is 0 Å². The molecule has 0 fully saturated rings. The lowest BCUT2D eigenvalue weighted by Gasteiger charge is -2.09. The Bertz CT molecular complexity index is 688. The van der Waals surface area contributed by atoms with Crippen molar-refractivity contribution in [1.29, 1.82) is 0 Å². The highest BCUT2D eigenvalue weighted by Crippen LogP contribution is 2.22. The van der Waals surface area contributed by atoms with Gasteiger partial charge in [0.1, 0.15) is 0 Å². The lowest BCUT2D eigenvalue weighted by Crippen LogP contribution is -2.08. The molecule has 0 N–H and O–H groups in total. The highest BCUT2D eigenvalue weighted by atomic mass is 35.5. The van der Waals surface area contributed by atoms with E-state index in [0.29, 0.717) is 16.1 Å². The molecule has 102 valence electrons. The van der Waals surface area contributed by atoms with Gasteiger partial charge in [-0.2, -0.15) is 0 Å². The predicted molar refractivity (Wildman–Crippen MR) is 81.0 cm³/mol. The Hall–Kier alpha value is -1.64. The lowest BCUT2D eigenvalue weighted by atomic mass is 9.94. The van der Waals surface area contributed by atoms with Gasteiger partial charge in [0, 0.05) is 21.7 Å². The van der Waals surface area contributed by atoms with Crippen LogP contribution in [0.15, 0.2) is 36.4 Å². The van der Waals surface area contributed by atoms with Gasteiger partial charge in [0.2, 0.25) is 0 Å². The van der Waals surface area contributed by atoms with Gasteiger partial charge in [-0.3, -0.25) is 9.59 Å². The smallest absolute Gasteiger partial charge is 0.253 e. The number of ketones is 1. The maximum absolute atomic E-state index is 12.5. The molecule has 2 nitrogen and oxygen atoms in total. The van der Waals surface area contributed by atoms with Gasteiger partial charge in [-0.15, -0.1) is 0 Å². The minimum Gasteiger partial charge on any atom is -0.289 e. The Labute approximate surface area is 127 Å². The Balaban J connectivity index is 2.56. The topological polar surface area (TPSA) is 34.1 Å². The standard InChI is InChI=1S/C16H12Cl2O2/c1-9-7-13(14(16(18)20)8-10(9)2)15(19)11-3-5-12(17)6-4-11/h3-8H,1-2H3. The molecule has 20 heavy (non-hydrogen) atoms. The normalized spacial score (nSPS) is 10.4. The van der Waals surface area contributed by atoms with Gasteiger partial charge in [-0.05, 0) is 73.0 Å². The minimum absolute atomic E-state index is 0.231. The summed E-state index contributed by atoms with van der Waals surface area (Å²) in [4.78, 5) is 24.0. The number of rotatable bonds is 3. The highest BCUT2D eigenvalue weighted by molar-refractivity contribution is 6.68. The second kappa shape index (κ2) is 5.78. The van der Waals surface area contributed by atoms with Crippen molar-refractivity contribution in [3.05, 3.63) is 69.2 Å². The van der Waals surface area contributed by atoms with Crippen molar-refractivity contribution < 1.29 is 9.59 Å². The monoisotopic (exact) mass is 306 g/mol. The van der Waals surface area contributed by atoms with Crippen LogP contribution < -0.4 is 0 Å². The van der Waals surface area contributed by atoms with Crippen LogP contribution in [0, 0.1) is 13.8 Å². The molecule has 2 aromatic rings. The quantitative estimate of drug-likeness (QED) is 0.615. The summed E-state index contributed by atoms with van der Waals surface area (Å²) in [7, 11) is 0. The van der Waals surface area contributed by atoms with E-state index in [9.17, 15) is 9.59 Å². The van der Waals surface area contributed by atoms with Crippen LogP contribution in [-0.4, -0.2) is 11.0 Å². The molecule has 0 saturated heterocycles. The third-order valence-corrected chi connectivity index (χ3v) is 3.65. The van der Waals surface area contributed by atoms with Crippen LogP contribution in [0.5, 0.6) is 0 Å². The molecule has 0 saturated carbocycles. The fourth-order valence-corrected chi connectivity index (χ4v) is 2.21. The molecule has 0 aliphatic rings. The molecule has 4 heteroatoms. The van der Waals surface area contributed by atoms with Gasteiger partial charge in [0.15, 0.2) is 5.78 Å². The third-order valence-electron chi connectivity index (χ3n) is 3.20. The summed E-state index contributed by atoms with van der Waals surface area (Å²) in [6.45, 7) is 3.76. The fraction of sp³-hybridized carbons (Fsp3) is 0.125. The van der Waals surface area contributed by atoms with E-state index in [0.717, 1.165) is 11.1 Å². The van der Waals surface area contributed by atoms with Gasteiger partial charge in [0.25, 0.3) is 5.24 Å². The molecule has 0 heterocycles. The number of hydrogen-bond acceptors (Lipinski definition) is 2. The van der Waals surface area contributed by atoms with Gasteiger partial charge in [-0.25, -0.2) is 0 Å². The van der Waals surface area contributed by atoms with Crippen LogP contribution in [-0.2, 0) is 0 Å². The summed E-state index contributed by atoms with van der Waals surface area (Å²) >= 11 is 11.4. The molecule has 0 aliphatic carbocycles. The van der Waals surface area contributed by atoms with Crippen molar-refractivity contribution in [3.63, 3.8) is 0 Å². The number of carbonyl (C=O) groups excluding carboxylic acids is 2. The summed E-state index contributed by atoms with van der Waals surface area (Å²) < 4.78 is 0. The van der Waals surface area contributed by atoms with Crippen molar-refractivity contribution in [1.82, 2.24) is 0 Å². The van der Waals surface area contributed by atoms with E-state index >= 15 is 0 Å².